The average molecular weight is 327 g/mol. The van der Waals surface area contributed by atoms with Crippen LogP contribution >= 0.6 is 0 Å². The van der Waals surface area contributed by atoms with Crippen LogP contribution in [0.5, 0.6) is 0 Å². The van der Waals surface area contributed by atoms with Gasteiger partial charge in [-0.05, 0) is 13.3 Å². The van der Waals surface area contributed by atoms with Gasteiger partial charge < -0.3 is 24.3 Å². The lowest BCUT2D eigenvalue weighted by molar-refractivity contribution is -0.159. The maximum Gasteiger partial charge on any atom is 0.306 e. The molecule has 1 heterocycles. The Kier molecular flexibility index (Phi) is 8.58. The first kappa shape index (κ1) is 19.9. The molecule has 0 spiro atoms. The molecule has 1 saturated heterocycles. The lowest BCUT2D eigenvalue weighted by Gasteiger charge is -2.25. The summed E-state index contributed by atoms with van der Waals surface area (Å²) in [6.07, 6.45) is -0.844. The van der Waals surface area contributed by atoms with E-state index in [0.29, 0.717) is 13.0 Å². The third kappa shape index (κ3) is 6.12. The Bertz CT molecular complexity index is 394. The Hall–Kier alpha value is -1.12. The van der Waals surface area contributed by atoms with Crippen molar-refractivity contribution in [3.05, 3.63) is 0 Å². The molecule has 0 aromatic rings. The molecule has 23 heavy (non-hydrogen) atoms. The van der Waals surface area contributed by atoms with Gasteiger partial charge in [-0.1, -0.05) is 6.92 Å². The lowest BCUT2D eigenvalue weighted by Crippen LogP contribution is -2.40. The molecule has 1 N–H and O–H groups in total. The summed E-state index contributed by atoms with van der Waals surface area (Å²) in [5, 5.41) is 2.46. The van der Waals surface area contributed by atoms with E-state index >= 15 is 0 Å². The summed E-state index contributed by atoms with van der Waals surface area (Å²) in [7, 11) is 9.05. The smallest absolute Gasteiger partial charge is 0.306 e. The molecular formula is C15H26BNO6. The van der Waals surface area contributed by atoms with E-state index in [2.05, 4.69) is 5.32 Å². The van der Waals surface area contributed by atoms with Crippen LogP contribution in [0.1, 0.15) is 33.1 Å². The Labute approximate surface area is 138 Å². The SMILES string of the molecule is [B][C@@H]1O[C@H](CC)C(OC(=O)CCC(=O)NC)[C@@H]1OCC(C)OC. The zero-order valence-electron chi connectivity index (χ0n) is 14.2. The molecular weight excluding hydrogens is 301 g/mol. The van der Waals surface area contributed by atoms with Gasteiger partial charge >= 0.3 is 5.97 Å². The summed E-state index contributed by atoms with van der Waals surface area (Å²) in [4.78, 5) is 23.1. The molecule has 2 radical (unpaired) electrons. The topological polar surface area (TPSA) is 83.1 Å². The van der Waals surface area contributed by atoms with E-state index in [1.54, 1.807) is 7.11 Å². The molecule has 1 aliphatic rings. The number of nitrogens with one attached hydrogen (secondary N) is 1. The molecule has 7 nitrogen and oxygen atoms in total. The predicted molar refractivity (Wildman–Crippen MR) is 84.1 cm³/mol. The van der Waals surface area contributed by atoms with E-state index in [9.17, 15) is 9.59 Å². The molecule has 1 fully saturated rings. The number of carbonyl (C=O) groups is 2. The van der Waals surface area contributed by atoms with Gasteiger partial charge in [0.1, 0.15) is 14.0 Å². The monoisotopic (exact) mass is 327 g/mol. The molecule has 0 aliphatic carbocycles. The number of hydrogen-bond acceptors (Lipinski definition) is 6. The van der Waals surface area contributed by atoms with Crippen molar-refractivity contribution >= 4 is 19.7 Å². The number of ether oxygens (including phenoxy) is 4. The number of amides is 1. The van der Waals surface area contributed by atoms with E-state index in [1.165, 1.54) is 7.05 Å². The standard InChI is InChI=1S/C15H26BNO6/c1-5-10-13(23-12(19)7-6-11(18)17-3)14(15(16)22-10)21-8-9(2)20-4/h9-10,13-15H,5-8H2,1-4H3,(H,17,18)/t9?,10-,13?,14+,15-/m1/s1. The molecule has 0 saturated carbocycles. The number of methoxy groups -OCH3 is 1. The van der Waals surface area contributed by atoms with Crippen LogP contribution in [0.2, 0.25) is 0 Å². The van der Waals surface area contributed by atoms with E-state index in [4.69, 9.17) is 26.8 Å². The molecule has 0 bridgehead atoms. The van der Waals surface area contributed by atoms with Gasteiger partial charge in [-0.25, -0.2) is 0 Å². The highest BCUT2D eigenvalue weighted by Gasteiger charge is 2.44. The summed E-state index contributed by atoms with van der Waals surface area (Å²) in [6.45, 7) is 4.10. The normalized spacial score (nSPS) is 28.3. The Morgan fingerprint density at radius 2 is 2.00 bits per heavy atom. The molecule has 130 valence electrons. The van der Waals surface area contributed by atoms with Crippen molar-refractivity contribution in [2.75, 3.05) is 20.8 Å². The van der Waals surface area contributed by atoms with Gasteiger partial charge in [0.2, 0.25) is 5.91 Å². The minimum Gasteiger partial charge on any atom is -0.457 e. The van der Waals surface area contributed by atoms with Gasteiger partial charge in [-0.2, -0.15) is 0 Å². The second-order valence-corrected chi connectivity index (χ2v) is 5.52. The zero-order chi connectivity index (χ0) is 17.4. The number of hydrogen-bond donors (Lipinski definition) is 1. The zero-order valence-corrected chi connectivity index (χ0v) is 14.2. The summed E-state index contributed by atoms with van der Waals surface area (Å²) < 4.78 is 21.9. The molecule has 5 atom stereocenters. The molecule has 2 unspecified atom stereocenters. The van der Waals surface area contributed by atoms with Gasteiger partial charge in [-0.15, -0.1) is 0 Å². The van der Waals surface area contributed by atoms with Crippen LogP contribution in [-0.2, 0) is 28.5 Å². The first-order valence-electron chi connectivity index (χ1n) is 7.88. The van der Waals surface area contributed by atoms with Crippen LogP contribution in [0.3, 0.4) is 0 Å². The fourth-order valence-corrected chi connectivity index (χ4v) is 2.28. The fraction of sp³-hybridized carbons (Fsp3) is 0.867. The van der Waals surface area contributed by atoms with Crippen molar-refractivity contribution in [3.63, 3.8) is 0 Å². The molecule has 0 aromatic carbocycles. The van der Waals surface area contributed by atoms with Gasteiger partial charge in [0.25, 0.3) is 0 Å². The third-order valence-corrected chi connectivity index (χ3v) is 3.78. The quantitative estimate of drug-likeness (QED) is 0.479. The van der Waals surface area contributed by atoms with Crippen LogP contribution in [0.25, 0.3) is 0 Å². The maximum absolute atomic E-state index is 11.9. The van der Waals surface area contributed by atoms with Crippen LogP contribution in [-0.4, -0.2) is 70.9 Å². The summed E-state index contributed by atoms with van der Waals surface area (Å²) in [5.74, 6) is -0.682. The molecule has 8 heteroatoms. The van der Waals surface area contributed by atoms with E-state index in [0.717, 1.165) is 0 Å². The van der Waals surface area contributed by atoms with Crippen molar-refractivity contribution in [2.24, 2.45) is 0 Å². The minimum atomic E-state index is -0.666. The summed E-state index contributed by atoms with van der Waals surface area (Å²) >= 11 is 0. The second kappa shape index (κ2) is 9.90. The summed E-state index contributed by atoms with van der Waals surface area (Å²) in [5.41, 5.74) is 0. The number of carbonyl (C=O) groups excluding carboxylic acids is 2. The van der Waals surface area contributed by atoms with Crippen molar-refractivity contribution in [2.45, 2.75) is 63.5 Å². The van der Waals surface area contributed by atoms with Gasteiger partial charge in [-0.3, -0.25) is 9.59 Å². The predicted octanol–water partition coefficient (Wildman–Crippen LogP) is 0.148. The molecule has 1 amide bonds. The largest absolute Gasteiger partial charge is 0.457 e. The van der Waals surface area contributed by atoms with Gasteiger partial charge in [0.05, 0.1) is 25.2 Å². The maximum atomic E-state index is 11.9. The van der Waals surface area contributed by atoms with Crippen molar-refractivity contribution in [1.82, 2.24) is 5.32 Å². The Morgan fingerprint density at radius 1 is 1.30 bits per heavy atom. The highest BCUT2D eigenvalue weighted by atomic mass is 16.6. The van der Waals surface area contributed by atoms with E-state index in [-0.39, 0.29) is 31.0 Å². The lowest BCUT2D eigenvalue weighted by atomic mass is 9.92. The van der Waals surface area contributed by atoms with Gasteiger partial charge in [0, 0.05) is 26.6 Å². The van der Waals surface area contributed by atoms with Crippen molar-refractivity contribution < 1.29 is 28.5 Å². The minimum absolute atomic E-state index is 0.00302. The van der Waals surface area contributed by atoms with Crippen molar-refractivity contribution in [1.29, 1.82) is 0 Å². The molecule has 1 rings (SSSR count). The Balaban J connectivity index is 2.61. The van der Waals surface area contributed by atoms with Crippen LogP contribution < -0.4 is 5.32 Å². The van der Waals surface area contributed by atoms with Crippen molar-refractivity contribution in [3.8, 4) is 0 Å². The van der Waals surface area contributed by atoms with E-state index < -0.39 is 24.2 Å². The Morgan fingerprint density at radius 3 is 2.57 bits per heavy atom. The average Bonchev–Trinajstić information content (AvgIpc) is 2.85. The first-order valence-corrected chi connectivity index (χ1v) is 7.88. The van der Waals surface area contributed by atoms with Gasteiger partial charge in [0.15, 0.2) is 6.10 Å². The second-order valence-electron chi connectivity index (χ2n) is 5.52. The molecule has 0 aromatic heterocycles. The summed E-state index contributed by atoms with van der Waals surface area (Å²) in [6, 6.07) is -0.666. The number of rotatable bonds is 9. The van der Waals surface area contributed by atoms with Crippen LogP contribution in [0, 0.1) is 0 Å². The molecule has 1 aliphatic heterocycles. The van der Waals surface area contributed by atoms with Crippen LogP contribution in [0.4, 0.5) is 0 Å². The highest BCUT2D eigenvalue weighted by molar-refractivity contribution is 6.11. The highest BCUT2D eigenvalue weighted by Crippen LogP contribution is 2.27. The number of esters is 1. The van der Waals surface area contributed by atoms with Crippen LogP contribution in [0.15, 0.2) is 0 Å². The third-order valence-electron chi connectivity index (χ3n) is 3.78. The fourth-order valence-electron chi connectivity index (χ4n) is 2.28. The van der Waals surface area contributed by atoms with E-state index in [1.807, 2.05) is 13.8 Å². The first-order chi connectivity index (χ1) is 10.9.